The van der Waals surface area contributed by atoms with Gasteiger partial charge in [0.05, 0.1) is 0 Å². The van der Waals surface area contributed by atoms with E-state index in [0.717, 1.165) is 0 Å². The zero-order valence-corrected chi connectivity index (χ0v) is 4.70. The Morgan fingerprint density at radius 2 is 2.00 bits per heavy atom. The third-order valence-corrected chi connectivity index (χ3v) is 0. The van der Waals surface area contributed by atoms with E-state index >= 15 is 0 Å². The van der Waals surface area contributed by atoms with Gasteiger partial charge in [-0.15, -0.1) is 0 Å². The number of carbonyl (C=O) groups excluding carboxylic acids is 1. The third kappa shape index (κ3) is 1840. The van der Waals surface area contributed by atoms with Gasteiger partial charge in [-0.05, 0) is 6.92 Å². The molecule has 0 aliphatic carbocycles. The fourth-order valence-electron chi connectivity index (χ4n) is 0. The van der Waals surface area contributed by atoms with Crippen molar-refractivity contribution in [3.63, 3.8) is 0 Å². The molecule has 0 heterocycles. The molecule has 3 heteroatoms. The van der Waals surface area contributed by atoms with Crippen molar-refractivity contribution in [1.82, 2.24) is 0 Å². The third-order valence-electron chi connectivity index (χ3n) is 0. The van der Waals surface area contributed by atoms with Gasteiger partial charge in [-0.25, -0.2) is 0 Å². The minimum absolute atomic E-state index is 0.250. The predicted molar refractivity (Wildman–Crippen MR) is 19.5 cm³/mol. The average Bonchev–Trinajstić information content (AvgIpc) is 1.39. The summed E-state index contributed by atoms with van der Waals surface area (Å²) in [5.74, 6) is 0. The molecule has 0 radical (unpaired) electrons. The molecule has 0 saturated heterocycles. The Bertz CT molecular complexity index is 22.8. The molecule has 0 aromatic heterocycles. The Labute approximate surface area is 45.4 Å². The summed E-state index contributed by atoms with van der Waals surface area (Å²) in [6.07, 6.45) is 0. The van der Waals surface area contributed by atoms with Gasteiger partial charge in [-0.2, -0.15) is 0 Å². The second-order valence-corrected chi connectivity index (χ2v) is 0.684. The van der Waals surface area contributed by atoms with Crippen LogP contribution in [0.25, 0.3) is 0 Å². The molecule has 0 rings (SSSR count). The van der Waals surface area contributed by atoms with Crippen LogP contribution < -0.4 is 0 Å². The van der Waals surface area contributed by atoms with Gasteiger partial charge < -0.3 is 5.11 Å². The van der Waals surface area contributed by atoms with Gasteiger partial charge in [0.15, 0.2) is 0 Å². The van der Waals surface area contributed by atoms with Gasteiger partial charge in [-0.3, -0.25) is 0 Å². The van der Waals surface area contributed by atoms with E-state index in [-0.39, 0.29) is 6.61 Å². The average molecular weight is 130 g/mol. The maximum absolute atomic E-state index is 8.72. The molecule has 0 fully saturated rings. The van der Waals surface area contributed by atoms with Crippen LogP contribution in [0.3, 0.4) is 0 Å². The molecule has 0 saturated carbocycles. The van der Waals surface area contributed by atoms with E-state index in [1.165, 1.54) is 0 Å². The van der Waals surface area contributed by atoms with Crippen molar-refractivity contribution in [3.05, 3.63) is 0 Å². The first-order valence-electron chi connectivity index (χ1n) is 1.48. The molecule has 38 valence electrons. The summed E-state index contributed by atoms with van der Waals surface area (Å²) in [5.41, 5.74) is 0. The summed E-state index contributed by atoms with van der Waals surface area (Å²) < 4.78 is 0. The number of hydrogen-bond donors (Lipinski definition) is 1. The standard InChI is InChI=1S/C2H6O.CHO.Mn/c1-2-3;1-2;/h3H,2H2,1H3;1H;. The van der Waals surface area contributed by atoms with Crippen molar-refractivity contribution < 1.29 is 25.9 Å². The molecule has 1 N–H and O–H groups in total. The molecular formula is C3H7MnO2. The zero-order valence-electron chi connectivity index (χ0n) is 3.52. The molecule has 0 aliphatic rings. The molecule has 6 heavy (non-hydrogen) atoms. The molecular weight excluding hydrogens is 123 g/mol. The van der Waals surface area contributed by atoms with Crippen molar-refractivity contribution in [3.8, 4) is 0 Å². The van der Waals surface area contributed by atoms with Crippen LogP contribution in [0.4, 0.5) is 0 Å². The summed E-state index contributed by atoms with van der Waals surface area (Å²) in [5, 5.41) is 8.13. The van der Waals surface area contributed by atoms with E-state index in [2.05, 4.69) is 16.0 Å². The molecule has 0 aliphatic heterocycles. The molecule has 0 bridgehead atoms. The molecule has 0 aromatic rings. The van der Waals surface area contributed by atoms with E-state index in [1.54, 1.807) is 6.92 Å². The second kappa shape index (κ2) is 19.2. The van der Waals surface area contributed by atoms with Crippen LogP contribution in [-0.2, 0) is 20.8 Å². The van der Waals surface area contributed by atoms with E-state index in [9.17, 15) is 0 Å². The predicted octanol–water partition coefficient (Wildman–Crippen LogP) is -0.278. The van der Waals surface area contributed by atoms with Crippen molar-refractivity contribution in [2.75, 3.05) is 6.61 Å². The molecule has 0 amide bonds. The molecule has 2 nitrogen and oxygen atoms in total. The van der Waals surface area contributed by atoms with Gasteiger partial charge >= 0.3 is 26.0 Å². The Kier molecular flexibility index (Phi) is 30.3. The van der Waals surface area contributed by atoms with Crippen LogP contribution in [0.1, 0.15) is 6.92 Å². The van der Waals surface area contributed by atoms with Gasteiger partial charge in [0.2, 0.25) is 0 Å². The SMILES string of the molecule is CCO.O=[CH][Mn]. The summed E-state index contributed by atoms with van der Waals surface area (Å²) in [4.78, 5) is 8.72. The first kappa shape index (κ1) is 9.47. The molecule has 0 spiro atoms. The van der Waals surface area contributed by atoms with Crippen molar-refractivity contribution in [1.29, 1.82) is 0 Å². The summed E-state index contributed by atoms with van der Waals surface area (Å²) >= 11 is 2.47. The Balaban J connectivity index is 0. The number of aliphatic hydroxyl groups excluding tert-OH is 1. The number of rotatable bonds is 0. The molecule has 0 unspecified atom stereocenters. The van der Waals surface area contributed by atoms with Gasteiger partial charge in [0.1, 0.15) is 0 Å². The van der Waals surface area contributed by atoms with Crippen LogP contribution >= 0.6 is 0 Å². The number of aliphatic hydroxyl groups is 1. The molecule has 0 aromatic carbocycles. The first-order chi connectivity index (χ1) is 2.83. The van der Waals surface area contributed by atoms with Gasteiger partial charge in [0.25, 0.3) is 0 Å². The van der Waals surface area contributed by atoms with Gasteiger partial charge in [0, 0.05) is 6.61 Å². The van der Waals surface area contributed by atoms with Crippen LogP contribution in [-0.4, -0.2) is 16.9 Å². The summed E-state index contributed by atoms with van der Waals surface area (Å²) in [7, 11) is 0. The van der Waals surface area contributed by atoms with E-state index in [0.29, 0.717) is 5.18 Å². The van der Waals surface area contributed by atoms with Crippen LogP contribution in [0, 0.1) is 0 Å². The molecule has 0 atom stereocenters. The van der Waals surface area contributed by atoms with E-state index < -0.39 is 0 Å². The number of carbonyl (C=O) groups is 1. The van der Waals surface area contributed by atoms with Crippen molar-refractivity contribution in [2.45, 2.75) is 6.92 Å². The van der Waals surface area contributed by atoms with E-state index in [4.69, 9.17) is 9.90 Å². The fourth-order valence-corrected chi connectivity index (χ4v) is 0. The quantitative estimate of drug-likeness (QED) is 0.361. The monoisotopic (exact) mass is 130 g/mol. The summed E-state index contributed by atoms with van der Waals surface area (Å²) in [6, 6.07) is 0. The second-order valence-electron chi connectivity index (χ2n) is 0.405. The van der Waals surface area contributed by atoms with Crippen LogP contribution in [0.5, 0.6) is 0 Å². The van der Waals surface area contributed by atoms with Crippen molar-refractivity contribution >= 4 is 5.18 Å². The van der Waals surface area contributed by atoms with Crippen LogP contribution in [0.2, 0.25) is 0 Å². The maximum atomic E-state index is 8.72. The zero-order chi connectivity index (χ0) is 5.41. The Hall–Kier alpha value is 0.149. The Morgan fingerprint density at radius 3 is 2.00 bits per heavy atom. The normalized spacial score (nSPS) is 5.17. The summed E-state index contributed by atoms with van der Waals surface area (Å²) in [6.45, 7) is 1.93. The Morgan fingerprint density at radius 1 is 2.00 bits per heavy atom. The van der Waals surface area contributed by atoms with Crippen LogP contribution in [0.15, 0.2) is 0 Å². The topological polar surface area (TPSA) is 37.3 Å². The first-order valence-corrected chi connectivity index (χ1v) is 2.16. The number of hydrogen-bond acceptors (Lipinski definition) is 2. The van der Waals surface area contributed by atoms with Gasteiger partial charge in [-0.1, -0.05) is 0 Å². The van der Waals surface area contributed by atoms with E-state index in [1.807, 2.05) is 0 Å². The van der Waals surface area contributed by atoms with Crippen molar-refractivity contribution in [2.24, 2.45) is 0 Å². The fraction of sp³-hybridized carbons (Fsp3) is 0.667. The minimum atomic E-state index is 0.250.